The normalized spacial score (nSPS) is 11.7. The third kappa shape index (κ3) is 3.09. The van der Waals surface area contributed by atoms with E-state index in [1.807, 2.05) is 12.1 Å². The summed E-state index contributed by atoms with van der Waals surface area (Å²) in [6, 6.07) is 17.8. The molecular weight excluding hydrogens is 296 g/mol. The number of carboxylic acid groups (broad SMARTS) is 1. The Labute approximate surface area is 142 Å². The number of allylic oxidation sites excluding steroid dienone is 1. The summed E-state index contributed by atoms with van der Waals surface area (Å²) in [5.41, 5.74) is 6.25. The van der Waals surface area contributed by atoms with Crippen LogP contribution in [0.4, 0.5) is 0 Å². The highest BCUT2D eigenvalue weighted by atomic mass is 16.4. The van der Waals surface area contributed by atoms with Crippen molar-refractivity contribution >= 4 is 28.4 Å². The number of hydrogen-bond acceptors (Lipinski definition) is 1. The fourth-order valence-electron chi connectivity index (χ4n) is 2.88. The van der Waals surface area contributed by atoms with Crippen LogP contribution in [-0.4, -0.2) is 11.1 Å². The average Bonchev–Trinajstić information content (AvgIpc) is 2.58. The maximum Gasteiger partial charge on any atom is 0.335 e. The van der Waals surface area contributed by atoms with Crippen molar-refractivity contribution in [3.05, 3.63) is 82.4 Å². The molecule has 0 aliphatic heterocycles. The number of rotatable bonds is 3. The van der Waals surface area contributed by atoms with Crippen LogP contribution in [0.3, 0.4) is 0 Å². The molecule has 0 fully saturated rings. The lowest BCUT2D eigenvalue weighted by atomic mass is 9.96. The van der Waals surface area contributed by atoms with Crippen molar-refractivity contribution in [2.75, 3.05) is 0 Å². The second-order valence-electron chi connectivity index (χ2n) is 6.20. The van der Waals surface area contributed by atoms with Gasteiger partial charge in [-0.05, 0) is 77.6 Å². The van der Waals surface area contributed by atoms with Gasteiger partial charge in [0.15, 0.2) is 0 Å². The fraction of sp³-hybridized carbons (Fsp3) is 0.136. The summed E-state index contributed by atoms with van der Waals surface area (Å²) in [6.07, 6.45) is 2.08. The van der Waals surface area contributed by atoms with Crippen molar-refractivity contribution in [2.45, 2.75) is 20.8 Å². The molecule has 2 heteroatoms. The number of aryl methyl sites for hydroxylation is 2. The van der Waals surface area contributed by atoms with Crippen LogP contribution < -0.4 is 0 Å². The van der Waals surface area contributed by atoms with Gasteiger partial charge < -0.3 is 5.11 Å². The molecule has 0 aromatic heterocycles. The lowest BCUT2D eigenvalue weighted by Crippen LogP contribution is -1.94. The monoisotopic (exact) mass is 316 g/mol. The number of carboxylic acids is 1. The van der Waals surface area contributed by atoms with Crippen molar-refractivity contribution in [2.24, 2.45) is 0 Å². The van der Waals surface area contributed by atoms with Crippen LogP contribution in [0.5, 0.6) is 0 Å². The fourth-order valence-corrected chi connectivity index (χ4v) is 2.88. The van der Waals surface area contributed by atoms with Gasteiger partial charge in [-0.2, -0.15) is 0 Å². The molecule has 3 aromatic carbocycles. The van der Waals surface area contributed by atoms with Gasteiger partial charge in [-0.3, -0.25) is 0 Å². The molecule has 0 heterocycles. The molecule has 0 unspecified atom stereocenters. The highest BCUT2D eigenvalue weighted by Crippen LogP contribution is 2.26. The number of aromatic carboxylic acids is 1. The van der Waals surface area contributed by atoms with Gasteiger partial charge in [-0.15, -0.1) is 0 Å². The Kier molecular flexibility index (Phi) is 4.22. The highest BCUT2D eigenvalue weighted by molar-refractivity contribution is 5.92. The van der Waals surface area contributed by atoms with Crippen LogP contribution in [0, 0.1) is 13.8 Å². The molecule has 0 radical (unpaired) electrons. The van der Waals surface area contributed by atoms with Gasteiger partial charge in [0.05, 0.1) is 5.56 Å². The summed E-state index contributed by atoms with van der Waals surface area (Å²) >= 11 is 0. The van der Waals surface area contributed by atoms with Crippen molar-refractivity contribution in [1.82, 2.24) is 0 Å². The topological polar surface area (TPSA) is 37.3 Å². The van der Waals surface area contributed by atoms with Crippen LogP contribution >= 0.6 is 0 Å². The zero-order chi connectivity index (χ0) is 17.3. The van der Waals surface area contributed by atoms with Gasteiger partial charge in [0.25, 0.3) is 0 Å². The molecule has 0 spiro atoms. The molecular formula is C22H20O2. The Morgan fingerprint density at radius 3 is 2.21 bits per heavy atom. The van der Waals surface area contributed by atoms with Crippen molar-refractivity contribution < 1.29 is 9.90 Å². The highest BCUT2D eigenvalue weighted by Gasteiger charge is 2.04. The smallest absolute Gasteiger partial charge is 0.335 e. The largest absolute Gasteiger partial charge is 0.478 e. The molecule has 1 N–H and O–H groups in total. The summed E-state index contributed by atoms with van der Waals surface area (Å²) in [6.45, 7) is 6.37. The predicted octanol–water partition coefficient (Wildman–Crippen LogP) is 5.72. The first-order valence-corrected chi connectivity index (χ1v) is 7.98. The van der Waals surface area contributed by atoms with E-state index in [1.54, 1.807) is 12.1 Å². The first-order valence-electron chi connectivity index (χ1n) is 7.98. The van der Waals surface area contributed by atoms with Crippen LogP contribution in [0.1, 0.15) is 39.5 Å². The second-order valence-corrected chi connectivity index (χ2v) is 6.20. The quantitative estimate of drug-likeness (QED) is 0.628. The van der Waals surface area contributed by atoms with E-state index in [1.165, 1.54) is 27.5 Å². The minimum atomic E-state index is -0.900. The first kappa shape index (κ1) is 16.0. The van der Waals surface area contributed by atoms with Crippen LogP contribution in [0.15, 0.2) is 54.6 Å². The number of hydrogen-bond donors (Lipinski definition) is 1. The Balaban J connectivity index is 1.99. The van der Waals surface area contributed by atoms with Crippen LogP contribution in [-0.2, 0) is 0 Å². The Morgan fingerprint density at radius 2 is 1.54 bits per heavy atom. The van der Waals surface area contributed by atoms with E-state index in [0.717, 1.165) is 11.1 Å². The standard InChI is InChI=1S/C22H20O2/c1-14-4-7-18-10-11-20(13-21(18)16(14)3)15(2)12-17-5-8-19(9-6-17)22(23)24/h4-13H,1-3H3,(H,23,24)/b15-12+. The zero-order valence-electron chi connectivity index (χ0n) is 14.1. The molecule has 2 nitrogen and oxygen atoms in total. The van der Waals surface area contributed by atoms with Crippen LogP contribution in [0.2, 0.25) is 0 Å². The predicted molar refractivity (Wildman–Crippen MR) is 100 cm³/mol. The summed E-state index contributed by atoms with van der Waals surface area (Å²) in [5.74, 6) is -0.900. The van der Waals surface area contributed by atoms with Crippen LogP contribution in [0.25, 0.3) is 22.4 Å². The molecule has 3 rings (SSSR count). The van der Waals surface area contributed by atoms with Gasteiger partial charge in [-0.1, -0.05) is 42.5 Å². The van der Waals surface area contributed by atoms with Gasteiger partial charge in [0.1, 0.15) is 0 Å². The first-order chi connectivity index (χ1) is 11.5. The number of carbonyl (C=O) groups is 1. The lowest BCUT2D eigenvalue weighted by molar-refractivity contribution is 0.0697. The summed E-state index contributed by atoms with van der Waals surface area (Å²) in [4.78, 5) is 10.9. The van der Waals surface area contributed by atoms with E-state index >= 15 is 0 Å². The Hall–Kier alpha value is -2.87. The van der Waals surface area contributed by atoms with E-state index in [9.17, 15) is 4.79 Å². The van der Waals surface area contributed by atoms with E-state index in [2.05, 4.69) is 57.2 Å². The molecule has 120 valence electrons. The minimum absolute atomic E-state index is 0.307. The van der Waals surface area contributed by atoms with E-state index in [0.29, 0.717) is 5.56 Å². The summed E-state index contributed by atoms with van der Waals surface area (Å²) in [5, 5.41) is 11.5. The molecule has 0 saturated carbocycles. The van der Waals surface area contributed by atoms with E-state index < -0.39 is 5.97 Å². The second kappa shape index (κ2) is 6.32. The van der Waals surface area contributed by atoms with Crippen molar-refractivity contribution in [3.63, 3.8) is 0 Å². The van der Waals surface area contributed by atoms with Crippen molar-refractivity contribution in [1.29, 1.82) is 0 Å². The molecule has 0 saturated heterocycles. The maximum atomic E-state index is 10.9. The summed E-state index contributed by atoms with van der Waals surface area (Å²) in [7, 11) is 0. The third-order valence-electron chi connectivity index (χ3n) is 4.56. The van der Waals surface area contributed by atoms with Crippen molar-refractivity contribution in [3.8, 4) is 0 Å². The molecule has 0 aliphatic rings. The van der Waals surface area contributed by atoms with E-state index in [4.69, 9.17) is 5.11 Å². The molecule has 0 atom stereocenters. The molecule has 0 bridgehead atoms. The molecule has 0 aliphatic carbocycles. The lowest BCUT2D eigenvalue weighted by Gasteiger charge is -2.09. The summed E-state index contributed by atoms with van der Waals surface area (Å²) < 4.78 is 0. The number of benzene rings is 3. The average molecular weight is 316 g/mol. The SMILES string of the molecule is C/C(=C\c1ccc(C(=O)O)cc1)c1ccc2ccc(C)c(C)c2c1. The van der Waals surface area contributed by atoms with E-state index in [-0.39, 0.29) is 0 Å². The Bertz CT molecular complexity index is 948. The van der Waals surface area contributed by atoms with Gasteiger partial charge in [-0.25, -0.2) is 4.79 Å². The maximum absolute atomic E-state index is 10.9. The number of fused-ring (bicyclic) bond motifs is 1. The molecule has 3 aromatic rings. The van der Waals surface area contributed by atoms with Gasteiger partial charge in [0, 0.05) is 0 Å². The van der Waals surface area contributed by atoms with Gasteiger partial charge >= 0.3 is 5.97 Å². The Morgan fingerprint density at radius 1 is 0.917 bits per heavy atom. The zero-order valence-corrected chi connectivity index (χ0v) is 14.1. The minimum Gasteiger partial charge on any atom is -0.478 e. The molecule has 24 heavy (non-hydrogen) atoms. The van der Waals surface area contributed by atoms with Gasteiger partial charge in [0.2, 0.25) is 0 Å². The molecule has 0 amide bonds. The third-order valence-corrected chi connectivity index (χ3v) is 4.56.